The fourth-order valence-corrected chi connectivity index (χ4v) is 2.58. The summed E-state index contributed by atoms with van der Waals surface area (Å²) in [5.74, 6) is 1.36. The topological polar surface area (TPSA) is 50.4 Å². The van der Waals surface area contributed by atoms with Gasteiger partial charge in [-0.25, -0.2) is 0 Å². The van der Waals surface area contributed by atoms with Crippen molar-refractivity contribution < 1.29 is 9.53 Å². The van der Waals surface area contributed by atoms with Crippen LogP contribution in [0.1, 0.15) is 24.3 Å². The number of hydrogen-bond donors (Lipinski definition) is 2. The van der Waals surface area contributed by atoms with Gasteiger partial charge in [0.15, 0.2) is 0 Å². The lowest BCUT2D eigenvalue weighted by atomic mass is 9.85. The Morgan fingerprint density at radius 3 is 2.94 bits per heavy atom. The second-order valence-electron chi connectivity index (χ2n) is 4.58. The first-order valence-electron chi connectivity index (χ1n) is 6.34. The molecule has 4 nitrogen and oxygen atoms in total. The van der Waals surface area contributed by atoms with E-state index < -0.39 is 0 Å². The lowest BCUT2D eigenvalue weighted by Crippen LogP contribution is -2.47. The predicted octanol–water partition coefficient (Wildman–Crippen LogP) is 1.28. The summed E-state index contributed by atoms with van der Waals surface area (Å²) in [7, 11) is 3.37. The van der Waals surface area contributed by atoms with Gasteiger partial charge in [0.1, 0.15) is 5.75 Å². The minimum atomic E-state index is -0.0985. The summed E-state index contributed by atoms with van der Waals surface area (Å²) >= 11 is 0. The van der Waals surface area contributed by atoms with Crippen molar-refractivity contribution in [2.75, 3.05) is 20.7 Å². The first kappa shape index (κ1) is 12.9. The number of benzene rings is 1. The molecule has 0 aliphatic carbocycles. The number of para-hydroxylation sites is 1. The Kier molecular flexibility index (Phi) is 4.20. The average molecular weight is 248 g/mol. The molecule has 1 aromatic rings. The van der Waals surface area contributed by atoms with Crippen molar-refractivity contribution in [1.29, 1.82) is 0 Å². The molecule has 1 heterocycles. The van der Waals surface area contributed by atoms with Crippen molar-refractivity contribution in [3.8, 4) is 5.75 Å². The second kappa shape index (κ2) is 5.87. The molecule has 98 valence electrons. The van der Waals surface area contributed by atoms with Crippen LogP contribution >= 0.6 is 0 Å². The van der Waals surface area contributed by atoms with Crippen molar-refractivity contribution in [2.45, 2.75) is 24.8 Å². The van der Waals surface area contributed by atoms with Gasteiger partial charge in [0.25, 0.3) is 0 Å². The van der Waals surface area contributed by atoms with E-state index in [1.807, 2.05) is 18.2 Å². The number of nitrogens with one attached hydrogen (secondary N) is 2. The summed E-state index contributed by atoms with van der Waals surface area (Å²) in [6, 6.07) is 7.97. The molecule has 0 bridgehead atoms. The van der Waals surface area contributed by atoms with Gasteiger partial charge in [0.05, 0.1) is 13.2 Å². The Labute approximate surface area is 108 Å². The molecular formula is C14H20N2O2. The van der Waals surface area contributed by atoms with Crippen LogP contribution in [0.25, 0.3) is 0 Å². The third-order valence-electron chi connectivity index (χ3n) is 3.55. The van der Waals surface area contributed by atoms with Crippen LogP contribution in [0.3, 0.4) is 0 Å². The minimum Gasteiger partial charge on any atom is -0.496 e. The van der Waals surface area contributed by atoms with Gasteiger partial charge < -0.3 is 15.4 Å². The fourth-order valence-electron chi connectivity index (χ4n) is 2.58. The number of carbonyl (C=O) groups excluding carboxylic acids is 1. The van der Waals surface area contributed by atoms with Crippen molar-refractivity contribution in [2.24, 2.45) is 0 Å². The van der Waals surface area contributed by atoms with Crippen LogP contribution in [0.4, 0.5) is 0 Å². The quantitative estimate of drug-likeness (QED) is 0.847. The van der Waals surface area contributed by atoms with Gasteiger partial charge in [-0.3, -0.25) is 4.79 Å². The summed E-state index contributed by atoms with van der Waals surface area (Å²) in [5, 5.41) is 5.96. The largest absolute Gasteiger partial charge is 0.496 e. The molecule has 2 atom stereocenters. The van der Waals surface area contributed by atoms with Crippen LogP contribution in [0.15, 0.2) is 24.3 Å². The SMILES string of the molecule is CNC(=O)C1CC(c2ccccc2OC)CCN1. The lowest BCUT2D eigenvalue weighted by molar-refractivity contribution is -0.123. The molecule has 0 spiro atoms. The summed E-state index contributed by atoms with van der Waals surface area (Å²) in [6.45, 7) is 0.862. The predicted molar refractivity (Wildman–Crippen MR) is 70.8 cm³/mol. The summed E-state index contributed by atoms with van der Waals surface area (Å²) < 4.78 is 5.40. The van der Waals surface area contributed by atoms with Crippen LogP contribution in [0.2, 0.25) is 0 Å². The van der Waals surface area contributed by atoms with Gasteiger partial charge >= 0.3 is 0 Å². The zero-order chi connectivity index (χ0) is 13.0. The van der Waals surface area contributed by atoms with Crippen LogP contribution in [0, 0.1) is 0 Å². The molecule has 18 heavy (non-hydrogen) atoms. The van der Waals surface area contributed by atoms with E-state index >= 15 is 0 Å². The number of piperidine rings is 1. The van der Waals surface area contributed by atoms with Gasteiger partial charge in [0.2, 0.25) is 5.91 Å². The van der Waals surface area contributed by atoms with Crippen molar-refractivity contribution >= 4 is 5.91 Å². The van der Waals surface area contributed by atoms with E-state index in [-0.39, 0.29) is 11.9 Å². The molecule has 2 N–H and O–H groups in total. The molecule has 2 rings (SSSR count). The number of methoxy groups -OCH3 is 1. The highest BCUT2D eigenvalue weighted by Gasteiger charge is 2.28. The highest BCUT2D eigenvalue weighted by molar-refractivity contribution is 5.81. The number of hydrogen-bond acceptors (Lipinski definition) is 3. The van der Waals surface area contributed by atoms with Gasteiger partial charge in [-0.1, -0.05) is 18.2 Å². The Bertz CT molecular complexity index is 420. The van der Waals surface area contributed by atoms with Gasteiger partial charge in [0, 0.05) is 7.05 Å². The summed E-state index contributed by atoms with van der Waals surface area (Å²) in [5.41, 5.74) is 1.20. The molecule has 1 aromatic carbocycles. The molecule has 1 fully saturated rings. The molecule has 1 saturated heterocycles. The maximum absolute atomic E-state index is 11.7. The molecule has 4 heteroatoms. The van der Waals surface area contributed by atoms with E-state index in [9.17, 15) is 4.79 Å². The average Bonchev–Trinajstić information content (AvgIpc) is 2.46. The molecule has 2 unspecified atom stereocenters. The Morgan fingerprint density at radius 1 is 1.44 bits per heavy atom. The van der Waals surface area contributed by atoms with E-state index in [1.54, 1.807) is 14.2 Å². The molecule has 1 aliphatic heterocycles. The standard InChI is InChI=1S/C14H20N2O2/c1-15-14(17)12-9-10(7-8-16-12)11-5-3-4-6-13(11)18-2/h3-6,10,12,16H,7-9H2,1-2H3,(H,15,17). The summed E-state index contributed by atoms with van der Waals surface area (Å²) in [4.78, 5) is 11.7. The van der Waals surface area contributed by atoms with Gasteiger partial charge in [-0.05, 0) is 36.9 Å². The molecular weight excluding hydrogens is 228 g/mol. The minimum absolute atomic E-state index is 0.0644. The van der Waals surface area contributed by atoms with Crippen LogP contribution in [-0.4, -0.2) is 32.7 Å². The number of rotatable bonds is 3. The first-order valence-corrected chi connectivity index (χ1v) is 6.34. The van der Waals surface area contributed by atoms with E-state index in [1.165, 1.54) is 5.56 Å². The van der Waals surface area contributed by atoms with E-state index in [0.29, 0.717) is 5.92 Å². The molecule has 1 amide bonds. The third-order valence-corrected chi connectivity index (χ3v) is 3.55. The fraction of sp³-hybridized carbons (Fsp3) is 0.500. The zero-order valence-electron chi connectivity index (χ0n) is 10.9. The smallest absolute Gasteiger partial charge is 0.236 e. The Balaban J connectivity index is 2.15. The second-order valence-corrected chi connectivity index (χ2v) is 4.58. The molecule has 1 aliphatic rings. The number of ether oxygens (including phenoxy) is 1. The van der Waals surface area contributed by atoms with Crippen LogP contribution in [0.5, 0.6) is 5.75 Å². The number of amides is 1. The van der Waals surface area contributed by atoms with Gasteiger partial charge in [-0.15, -0.1) is 0 Å². The van der Waals surface area contributed by atoms with Crippen molar-refractivity contribution in [3.63, 3.8) is 0 Å². The summed E-state index contributed by atoms with van der Waals surface area (Å²) in [6.07, 6.45) is 1.86. The Hall–Kier alpha value is -1.55. The number of likely N-dealkylation sites (N-methyl/N-ethyl adjacent to an activating group) is 1. The normalized spacial score (nSPS) is 23.4. The molecule has 0 aromatic heterocycles. The maximum Gasteiger partial charge on any atom is 0.236 e. The van der Waals surface area contributed by atoms with E-state index in [2.05, 4.69) is 16.7 Å². The van der Waals surface area contributed by atoms with Crippen molar-refractivity contribution in [3.05, 3.63) is 29.8 Å². The van der Waals surface area contributed by atoms with E-state index in [0.717, 1.165) is 25.1 Å². The third kappa shape index (κ3) is 2.64. The highest BCUT2D eigenvalue weighted by Crippen LogP contribution is 2.33. The first-order chi connectivity index (χ1) is 8.76. The molecule has 0 saturated carbocycles. The van der Waals surface area contributed by atoms with Gasteiger partial charge in [-0.2, -0.15) is 0 Å². The lowest BCUT2D eigenvalue weighted by Gasteiger charge is -2.30. The maximum atomic E-state index is 11.7. The van der Waals surface area contributed by atoms with E-state index in [4.69, 9.17) is 4.74 Å². The zero-order valence-corrected chi connectivity index (χ0v) is 10.9. The number of carbonyl (C=O) groups is 1. The van der Waals surface area contributed by atoms with Crippen LogP contribution < -0.4 is 15.4 Å². The molecule has 0 radical (unpaired) electrons. The Morgan fingerprint density at radius 2 is 2.22 bits per heavy atom. The van der Waals surface area contributed by atoms with Crippen molar-refractivity contribution in [1.82, 2.24) is 10.6 Å². The monoisotopic (exact) mass is 248 g/mol. The van der Waals surface area contributed by atoms with Crippen LogP contribution in [-0.2, 0) is 4.79 Å². The highest BCUT2D eigenvalue weighted by atomic mass is 16.5.